The minimum atomic E-state index is -0.145. The van der Waals surface area contributed by atoms with Crippen LogP contribution in [0.5, 0.6) is 0 Å². The molecule has 0 saturated heterocycles. The molecule has 1 aromatic heterocycles. The number of hydrogen-bond donors (Lipinski definition) is 2. The second kappa shape index (κ2) is 5.81. The van der Waals surface area contributed by atoms with E-state index < -0.39 is 0 Å². The number of carbonyl (C=O) groups is 1. The van der Waals surface area contributed by atoms with E-state index in [-0.39, 0.29) is 11.8 Å². The van der Waals surface area contributed by atoms with Gasteiger partial charge in [0, 0.05) is 26.7 Å². The molecule has 0 spiro atoms. The van der Waals surface area contributed by atoms with Crippen molar-refractivity contribution < 1.29 is 4.79 Å². The number of rotatable bonds is 4. The number of hydrogen-bond acceptors (Lipinski definition) is 5. The van der Waals surface area contributed by atoms with Crippen molar-refractivity contribution in [2.45, 2.75) is 6.92 Å². The molecule has 7 heteroatoms. The molecule has 1 rings (SSSR count). The van der Waals surface area contributed by atoms with Gasteiger partial charge in [-0.1, -0.05) is 6.92 Å². The van der Waals surface area contributed by atoms with Crippen LogP contribution in [0.4, 0.5) is 11.8 Å². The minimum absolute atomic E-state index is 0.0141. The van der Waals surface area contributed by atoms with Crippen LogP contribution < -0.4 is 16.0 Å². The fourth-order valence-electron chi connectivity index (χ4n) is 1.42. The van der Waals surface area contributed by atoms with E-state index in [1.165, 1.54) is 0 Å². The van der Waals surface area contributed by atoms with Crippen LogP contribution in [-0.4, -0.2) is 36.5 Å². The molecule has 0 aliphatic carbocycles. The Labute approximate surface area is 109 Å². The molecule has 0 aliphatic heterocycles. The molecule has 0 saturated carbocycles. The van der Waals surface area contributed by atoms with E-state index in [2.05, 4.69) is 31.2 Å². The summed E-state index contributed by atoms with van der Waals surface area (Å²) in [5, 5.41) is 2.60. The van der Waals surface area contributed by atoms with Gasteiger partial charge < -0.3 is 16.0 Å². The second-order valence-electron chi connectivity index (χ2n) is 3.81. The summed E-state index contributed by atoms with van der Waals surface area (Å²) in [6, 6.07) is 1.62. The fraction of sp³-hybridized carbons (Fsp3) is 0.500. The van der Waals surface area contributed by atoms with Crippen LogP contribution in [0.1, 0.15) is 6.92 Å². The predicted molar refractivity (Wildman–Crippen MR) is 70.6 cm³/mol. The molecule has 17 heavy (non-hydrogen) atoms. The van der Waals surface area contributed by atoms with Crippen LogP contribution in [0.3, 0.4) is 0 Å². The Bertz CT molecular complexity index is 391. The molecule has 1 amide bonds. The molecule has 94 valence electrons. The summed E-state index contributed by atoms with van der Waals surface area (Å²) in [6.07, 6.45) is 0. The first-order valence-corrected chi connectivity index (χ1v) is 5.96. The van der Waals surface area contributed by atoms with Gasteiger partial charge in [0.15, 0.2) is 0 Å². The van der Waals surface area contributed by atoms with Gasteiger partial charge in [-0.15, -0.1) is 0 Å². The van der Waals surface area contributed by atoms with Crippen molar-refractivity contribution in [3.05, 3.63) is 10.7 Å². The van der Waals surface area contributed by atoms with Crippen molar-refractivity contribution in [2.75, 3.05) is 31.3 Å². The summed E-state index contributed by atoms with van der Waals surface area (Å²) in [5.41, 5.74) is 5.63. The number of amides is 1. The highest BCUT2D eigenvalue weighted by atomic mass is 79.9. The van der Waals surface area contributed by atoms with E-state index in [1.54, 1.807) is 18.0 Å². The van der Waals surface area contributed by atoms with Crippen LogP contribution >= 0.6 is 15.9 Å². The SMILES string of the molecule is CNC(=O)C(C)CN(C)c1nc(N)cc(Br)n1. The molecule has 0 radical (unpaired) electrons. The molecule has 0 fully saturated rings. The van der Waals surface area contributed by atoms with Gasteiger partial charge in [-0.25, -0.2) is 4.98 Å². The largest absolute Gasteiger partial charge is 0.383 e. The Morgan fingerprint density at radius 2 is 2.29 bits per heavy atom. The molecule has 6 nitrogen and oxygen atoms in total. The van der Waals surface area contributed by atoms with Crippen LogP contribution in [0, 0.1) is 5.92 Å². The lowest BCUT2D eigenvalue weighted by atomic mass is 10.1. The molecule has 1 aromatic rings. The van der Waals surface area contributed by atoms with Gasteiger partial charge in [-0.3, -0.25) is 4.79 Å². The normalized spacial score (nSPS) is 12.0. The molecule has 0 aromatic carbocycles. The maximum Gasteiger partial charge on any atom is 0.228 e. The minimum Gasteiger partial charge on any atom is -0.383 e. The summed E-state index contributed by atoms with van der Waals surface area (Å²) in [7, 11) is 3.44. The Kier molecular flexibility index (Phi) is 4.68. The summed E-state index contributed by atoms with van der Waals surface area (Å²) in [4.78, 5) is 21.5. The van der Waals surface area contributed by atoms with E-state index in [1.807, 2.05) is 14.0 Å². The highest BCUT2D eigenvalue weighted by molar-refractivity contribution is 9.10. The third-order valence-electron chi connectivity index (χ3n) is 2.29. The van der Waals surface area contributed by atoms with Gasteiger partial charge >= 0.3 is 0 Å². The lowest BCUT2D eigenvalue weighted by Gasteiger charge is -2.20. The highest BCUT2D eigenvalue weighted by Crippen LogP contribution is 2.15. The van der Waals surface area contributed by atoms with Gasteiger partial charge in [-0.05, 0) is 15.9 Å². The molecule has 3 N–H and O–H groups in total. The summed E-state index contributed by atoms with van der Waals surface area (Å²) < 4.78 is 0.624. The lowest BCUT2D eigenvalue weighted by Crippen LogP contribution is -2.35. The molecular formula is C10H16BrN5O. The maximum atomic E-state index is 11.4. The number of nitrogens with two attached hydrogens (primary N) is 1. The monoisotopic (exact) mass is 301 g/mol. The zero-order valence-corrected chi connectivity index (χ0v) is 11.7. The van der Waals surface area contributed by atoms with Crippen LogP contribution in [0.25, 0.3) is 0 Å². The molecular weight excluding hydrogens is 286 g/mol. The van der Waals surface area contributed by atoms with Crippen molar-refractivity contribution in [3.8, 4) is 0 Å². The van der Waals surface area contributed by atoms with E-state index in [0.717, 1.165) is 0 Å². The van der Waals surface area contributed by atoms with Crippen molar-refractivity contribution in [1.82, 2.24) is 15.3 Å². The van der Waals surface area contributed by atoms with E-state index in [4.69, 9.17) is 5.73 Å². The molecule has 1 atom stereocenters. The summed E-state index contributed by atoms with van der Waals surface area (Å²) in [5.74, 6) is 0.725. The highest BCUT2D eigenvalue weighted by Gasteiger charge is 2.15. The molecule has 0 bridgehead atoms. The number of anilines is 2. The van der Waals surface area contributed by atoms with E-state index in [9.17, 15) is 4.79 Å². The van der Waals surface area contributed by atoms with Crippen molar-refractivity contribution in [1.29, 1.82) is 0 Å². The zero-order chi connectivity index (χ0) is 13.0. The lowest BCUT2D eigenvalue weighted by molar-refractivity contribution is -0.123. The number of aromatic nitrogens is 2. The van der Waals surface area contributed by atoms with Gasteiger partial charge in [0.05, 0.1) is 5.92 Å². The Morgan fingerprint density at radius 3 is 2.82 bits per heavy atom. The van der Waals surface area contributed by atoms with Crippen molar-refractivity contribution in [2.24, 2.45) is 5.92 Å². The van der Waals surface area contributed by atoms with Gasteiger partial charge in [0.2, 0.25) is 11.9 Å². The number of nitrogens with zero attached hydrogens (tertiary/aromatic N) is 3. The number of halogens is 1. The Balaban J connectivity index is 2.75. The van der Waals surface area contributed by atoms with E-state index >= 15 is 0 Å². The third-order valence-corrected chi connectivity index (χ3v) is 2.69. The third kappa shape index (κ3) is 3.85. The van der Waals surface area contributed by atoms with Crippen molar-refractivity contribution in [3.63, 3.8) is 0 Å². The average molecular weight is 302 g/mol. The quantitative estimate of drug-likeness (QED) is 0.797. The zero-order valence-electron chi connectivity index (χ0n) is 10.1. The molecule has 0 aliphatic rings. The Hall–Kier alpha value is -1.37. The summed E-state index contributed by atoms with van der Waals surface area (Å²) >= 11 is 3.25. The second-order valence-corrected chi connectivity index (χ2v) is 4.62. The first-order chi connectivity index (χ1) is 7.93. The first kappa shape index (κ1) is 13.7. The average Bonchev–Trinajstić information content (AvgIpc) is 2.26. The van der Waals surface area contributed by atoms with Crippen LogP contribution in [0.2, 0.25) is 0 Å². The standard InChI is InChI=1S/C10H16BrN5O/c1-6(9(17)13-2)5-16(3)10-14-7(11)4-8(12)15-10/h4,6H,5H2,1-3H3,(H,13,17)(H2,12,14,15). The topological polar surface area (TPSA) is 84.1 Å². The summed E-state index contributed by atoms with van der Waals surface area (Å²) in [6.45, 7) is 2.37. The number of nitrogens with one attached hydrogen (secondary N) is 1. The van der Waals surface area contributed by atoms with Crippen molar-refractivity contribution >= 4 is 33.6 Å². The molecule has 1 unspecified atom stereocenters. The van der Waals surface area contributed by atoms with Gasteiger partial charge in [0.25, 0.3) is 0 Å². The van der Waals surface area contributed by atoms with Crippen LogP contribution in [-0.2, 0) is 4.79 Å². The smallest absolute Gasteiger partial charge is 0.228 e. The maximum absolute atomic E-state index is 11.4. The Morgan fingerprint density at radius 1 is 1.65 bits per heavy atom. The fourth-order valence-corrected chi connectivity index (χ4v) is 1.81. The number of carbonyl (C=O) groups excluding carboxylic acids is 1. The van der Waals surface area contributed by atoms with E-state index in [0.29, 0.717) is 22.9 Å². The predicted octanol–water partition coefficient (Wildman–Crippen LogP) is 0.640. The molecule has 1 heterocycles. The van der Waals surface area contributed by atoms with Crippen LogP contribution in [0.15, 0.2) is 10.7 Å². The number of nitrogen functional groups attached to an aromatic ring is 1. The first-order valence-electron chi connectivity index (χ1n) is 5.16. The van der Waals surface area contributed by atoms with Gasteiger partial charge in [-0.2, -0.15) is 4.98 Å². The van der Waals surface area contributed by atoms with Gasteiger partial charge in [0.1, 0.15) is 10.4 Å².